The van der Waals surface area contributed by atoms with E-state index in [2.05, 4.69) is 21.0 Å². The predicted molar refractivity (Wildman–Crippen MR) is 69.8 cm³/mol. The van der Waals surface area contributed by atoms with Crippen molar-refractivity contribution in [3.05, 3.63) is 24.2 Å². The maximum atomic E-state index is 5.98. The van der Waals surface area contributed by atoms with Gasteiger partial charge in [0.1, 0.15) is 5.52 Å². The van der Waals surface area contributed by atoms with Gasteiger partial charge in [-0.2, -0.15) is 5.10 Å². The Morgan fingerprint density at radius 2 is 2.17 bits per heavy atom. The minimum atomic E-state index is 0.276. The third kappa shape index (κ3) is 1.58. The third-order valence-corrected chi connectivity index (χ3v) is 3.91. The summed E-state index contributed by atoms with van der Waals surface area (Å²) in [6.45, 7) is 1.90. The van der Waals surface area contributed by atoms with Crippen LogP contribution < -0.4 is 10.6 Å². The third-order valence-electron chi connectivity index (χ3n) is 3.91. The lowest BCUT2D eigenvalue weighted by Crippen LogP contribution is -2.27. The zero-order valence-corrected chi connectivity index (χ0v) is 10.3. The smallest absolute Gasteiger partial charge is 0.154 e. The van der Waals surface area contributed by atoms with Crippen molar-refractivity contribution in [1.82, 2.24) is 14.6 Å². The van der Waals surface area contributed by atoms with Gasteiger partial charge in [-0.15, -0.1) is 0 Å². The van der Waals surface area contributed by atoms with Gasteiger partial charge in [0.2, 0.25) is 0 Å². The first-order valence-electron chi connectivity index (χ1n) is 6.66. The van der Waals surface area contributed by atoms with Crippen LogP contribution in [0.25, 0.3) is 5.52 Å². The van der Waals surface area contributed by atoms with Crippen molar-refractivity contribution in [3.63, 3.8) is 0 Å². The van der Waals surface area contributed by atoms with E-state index in [9.17, 15) is 0 Å². The molecule has 0 amide bonds. The molecule has 0 radical (unpaired) electrons. The molecule has 4 rings (SSSR count). The number of hydrogen-bond donors (Lipinski definition) is 1. The van der Waals surface area contributed by atoms with Gasteiger partial charge in [-0.05, 0) is 25.3 Å². The molecule has 2 aromatic rings. The average molecular weight is 243 g/mol. The number of fused-ring (bicyclic) bond motifs is 1. The molecule has 2 aromatic heterocycles. The second-order valence-corrected chi connectivity index (χ2v) is 5.42. The Morgan fingerprint density at radius 3 is 2.89 bits per heavy atom. The van der Waals surface area contributed by atoms with Crippen LogP contribution in [0, 0.1) is 0 Å². The van der Waals surface area contributed by atoms with Crippen LogP contribution in [0.5, 0.6) is 0 Å². The van der Waals surface area contributed by atoms with Crippen LogP contribution in [-0.4, -0.2) is 33.7 Å². The van der Waals surface area contributed by atoms with Crippen LogP contribution in [0.1, 0.15) is 30.9 Å². The maximum Gasteiger partial charge on any atom is 0.154 e. The molecule has 2 N–H and O–H groups in total. The highest BCUT2D eigenvalue weighted by atomic mass is 15.3. The lowest BCUT2D eigenvalue weighted by Gasteiger charge is -2.17. The Balaban J connectivity index is 1.79. The van der Waals surface area contributed by atoms with Crippen molar-refractivity contribution in [3.8, 4) is 0 Å². The van der Waals surface area contributed by atoms with Gasteiger partial charge in [-0.25, -0.2) is 9.50 Å². The van der Waals surface area contributed by atoms with E-state index in [0.717, 1.165) is 30.8 Å². The van der Waals surface area contributed by atoms with Crippen LogP contribution in [0.15, 0.2) is 18.5 Å². The van der Waals surface area contributed by atoms with E-state index >= 15 is 0 Å². The number of rotatable bonds is 2. The fraction of sp³-hybridized carbons (Fsp3) is 0.538. The molecule has 2 fully saturated rings. The van der Waals surface area contributed by atoms with E-state index in [1.54, 1.807) is 0 Å². The normalized spacial score (nSPS) is 24.1. The summed E-state index contributed by atoms with van der Waals surface area (Å²) in [4.78, 5) is 6.80. The molecule has 94 valence electrons. The van der Waals surface area contributed by atoms with Crippen molar-refractivity contribution in [2.24, 2.45) is 5.73 Å². The monoisotopic (exact) mass is 243 g/mol. The van der Waals surface area contributed by atoms with Crippen molar-refractivity contribution >= 4 is 11.3 Å². The summed E-state index contributed by atoms with van der Waals surface area (Å²) in [5.74, 6) is 1.71. The van der Waals surface area contributed by atoms with E-state index in [4.69, 9.17) is 5.73 Å². The molecule has 2 aliphatic rings. The molecular formula is C13H17N5. The molecule has 1 aliphatic carbocycles. The topological polar surface area (TPSA) is 59.5 Å². The largest absolute Gasteiger partial charge is 0.353 e. The van der Waals surface area contributed by atoms with Gasteiger partial charge in [0.15, 0.2) is 5.82 Å². The second-order valence-electron chi connectivity index (χ2n) is 5.42. The fourth-order valence-electron chi connectivity index (χ4n) is 2.73. The lowest BCUT2D eigenvalue weighted by atomic mass is 10.3. The van der Waals surface area contributed by atoms with Crippen molar-refractivity contribution in [1.29, 1.82) is 0 Å². The van der Waals surface area contributed by atoms with E-state index in [1.165, 1.54) is 18.5 Å². The zero-order chi connectivity index (χ0) is 12.1. The van der Waals surface area contributed by atoms with Gasteiger partial charge in [-0.3, -0.25) is 0 Å². The highest BCUT2D eigenvalue weighted by molar-refractivity contribution is 5.69. The molecule has 5 nitrogen and oxygen atoms in total. The number of nitrogens with two attached hydrogens (primary N) is 1. The quantitative estimate of drug-likeness (QED) is 0.859. The Kier molecular flexibility index (Phi) is 2.11. The minimum Gasteiger partial charge on any atom is -0.353 e. The first kappa shape index (κ1) is 10.3. The molecule has 1 aliphatic heterocycles. The first-order chi connectivity index (χ1) is 8.81. The first-order valence-corrected chi connectivity index (χ1v) is 6.66. The van der Waals surface area contributed by atoms with Crippen molar-refractivity contribution < 1.29 is 0 Å². The summed E-state index contributed by atoms with van der Waals surface area (Å²) < 4.78 is 1.96. The molecule has 5 heteroatoms. The maximum absolute atomic E-state index is 5.98. The Bertz CT molecular complexity index is 586. The summed E-state index contributed by atoms with van der Waals surface area (Å²) in [6, 6.07) is 2.47. The average Bonchev–Trinajstić information content (AvgIpc) is 2.99. The van der Waals surface area contributed by atoms with Gasteiger partial charge in [0.05, 0.1) is 5.69 Å². The van der Waals surface area contributed by atoms with Gasteiger partial charge < -0.3 is 10.6 Å². The molecule has 0 spiro atoms. The van der Waals surface area contributed by atoms with Gasteiger partial charge in [0.25, 0.3) is 0 Å². The Labute approximate surface area is 106 Å². The van der Waals surface area contributed by atoms with Gasteiger partial charge >= 0.3 is 0 Å². The highest BCUT2D eigenvalue weighted by Gasteiger charge is 2.28. The lowest BCUT2D eigenvalue weighted by molar-refractivity contribution is 0.751. The van der Waals surface area contributed by atoms with E-state index in [1.807, 2.05) is 16.9 Å². The molecule has 18 heavy (non-hydrogen) atoms. The summed E-state index contributed by atoms with van der Waals surface area (Å²) in [7, 11) is 0. The van der Waals surface area contributed by atoms with Crippen molar-refractivity contribution in [2.45, 2.75) is 31.2 Å². The van der Waals surface area contributed by atoms with Crippen LogP contribution in [0.3, 0.4) is 0 Å². The Morgan fingerprint density at radius 1 is 1.28 bits per heavy atom. The van der Waals surface area contributed by atoms with Crippen LogP contribution in [0.2, 0.25) is 0 Å². The van der Waals surface area contributed by atoms with Crippen LogP contribution in [-0.2, 0) is 0 Å². The molecule has 1 atom stereocenters. The van der Waals surface area contributed by atoms with E-state index < -0.39 is 0 Å². The van der Waals surface area contributed by atoms with Gasteiger partial charge in [-0.1, -0.05) is 0 Å². The van der Waals surface area contributed by atoms with E-state index in [-0.39, 0.29) is 6.04 Å². The van der Waals surface area contributed by atoms with E-state index in [0.29, 0.717) is 5.92 Å². The van der Waals surface area contributed by atoms with Crippen LogP contribution >= 0.6 is 0 Å². The molecule has 1 unspecified atom stereocenters. The second kappa shape index (κ2) is 3.68. The molecule has 0 bridgehead atoms. The molecular weight excluding hydrogens is 226 g/mol. The summed E-state index contributed by atoms with van der Waals surface area (Å²) >= 11 is 0. The highest BCUT2D eigenvalue weighted by Crippen LogP contribution is 2.40. The predicted octanol–water partition coefficient (Wildman–Crippen LogP) is 1.14. The standard InChI is InChI=1S/C13H17N5/c14-10-3-5-17(8-10)13-12-7-11(9-1-2-9)16-18(12)6-4-15-13/h4,6-7,9-10H,1-3,5,8,14H2. The Hall–Kier alpha value is -1.62. The molecule has 1 saturated heterocycles. The number of nitrogens with zero attached hydrogens (tertiary/aromatic N) is 4. The van der Waals surface area contributed by atoms with Crippen molar-refractivity contribution in [2.75, 3.05) is 18.0 Å². The SMILES string of the molecule is NC1CCN(c2nccn3nc(C4CC4)cc23)C1. The molecule has 0 aromatic carbocycles. The van der Waals surface area contributed by atoms with Crippen LogP contribution in [0.4, 0.5) is 5.82 Å². The molecule has 1 saturated carbocycles. The number of anilines is 1. The number of hydrogen-bond acceptors (Lipinski definition) is 4. The number of aromatic nitrogens is 3. The minimum absolute atomic E-state index is 0.276. The fourth-order valence-corrected chi connectivity index (χ4v) is 2.73. The van der Waals surface area contributed by atoms with Gasteiger partial charge in [0, 0.05) is 37.4 Å². The summed E-state index contributed by atoms with van der Waals surface area (Å²) in [5, 5.41) is 4.64. The zero-order valence-electron chi connectivity index (χ0n) is 10.3. The summed E-state index contributed by atoms with van der Waals surface area (Å²) in [5.41, 5.74) is 8.31. The summed E-state index contributed by atoms with van der Waals surface area (Å²) in [6.07, 6.45) is 7.37. The molecule has 3 heterocycles.